The molecule has 0 saturated heterocycles. The van der Waals surface area contributed by atoms with E-state index in [1.54, 1.807) is 0 Å². The highest BCUT2D eigenvalue weighted by atomic mass is 19.2. The minimum atomic E-state index is -2.00. The lowest BCUT2D eigenvalue weighted by Crippen LogP contribution is -2.42. The van der Waals surface area contributed by atoms with Crippen LogP contribution in [0.25, 0.3) is 43.1 Å². The van der Waals surface area contributed by atoms with E-state index in [2.05, 4.69) is 0 Å². The molecule has 5 aromatic carbocycles. The highest BCUT2D eigenvalue weighted by Crippen LogP contribution is 2.52. The van der Waals surface area contributed by atoms with E-state index in [9.17, 15) is 19.2 Å². The van der Waals surface area contributed by atoms with Gasteiger partial charge >= 0.3 is 0 Å². The zero-order valence-electron chi connectivity index (χ0n) is 21.6. The fraction of sp³-hybridized carbons (Fsp3) is 0.172. The highest BCUT2D eigenvalue weighted by Gasteiger charge is 2.45. The average molecular weight is 586 g/mol. The first-order valence-electron chi connectivity index (χ1n) is 12.6. The topological polar surface area (TPSA) is 74.8 Å². The lowest BCUT2D eigenvalue weighted by Gasteiger charge is -2.31. The first-order valence-corrected chi connectivity index (χ1v) is 12.6. The number of halogens is 7. The summed E-state index contributed by atoms with van der Waals surface area (Å²) in [5.74, 6) is -18.4. The van der Waals surface area contributed by atoms with E-state index in [0.717, 1.165) is 6.92 Å². The van der Waals surface area contributed by atoms with Gasteiger partial charge < -0.3 is 0 Å². The van der Waals surface area contributed by atoms with Crippen LogP contribution in [0.3, 0.4) is 0 Å². The zero-order chi connectivity index (χ0) is 30.4. The minimum Gasteiger partial charge on any atom is -0.275 e. The predicted molar refractivity (Wildman–Crippen MR) is 134 cm³/mol. The Bertz CT molecular complexity index is 1940. The molecule has 0 radical (unpaired) electrons. The van der Waals surface area contributed by atoms with Crippen LogP contribution in [0.2, 0.25) is 0 Å². The predicted octanol–water partition coefficient (Wildman–Crippen LogP) is 6.25. The van der Waals surface area contributed by atoms with Crippen LogP contribution in [0.1, 0.15) is 60.8 Å². The first-order chi connectivity index (χ1) is 19.8. The molecule has 0 aromatic heterocycles. The first kappa shape index (κ1) is 26.1. The van der Waals surface area contributed by atoms with Gasteiger partial charge in [-0.2, -0.15) is 0 Å². The Kier molecular flexibility index (Phi) is 4.93. The van der Waals surface area contributed by atoms with Crippen molar-refractivity contribution >= 4 is 66.7 Å². The van der Waals surface area contributed by atoms with Crippen LogP contribution in [-0.2, 0) is 0 Å². The quantitative estimate of drug-likeness (QED) is 0.106. The summed E-state index contributed by atoms with van der Waals surface area (Å²) in [6.07, 6.45) is 0. The van der Waals surface area contributed by atoms with Gasteiger partial charge in [-0.15, -0.1) is 0 Å². The zero-order valence-corrected chi connectivity index (χ0v) is 21.6. The average Bonchev–Trinajstić information content (AvgIpc) is 2.95. The number of hydrogen-bond donors (Lipinski definition) is 0. The molecule has 2 aliphatic heterocycles. The van der Waals surface area contributed by atoms with Gasteiger partial charge in [-0.3, -0.25) is 29.0 Å². The maximum atomic E-state index is 16.3. The molecule has 0 saturated carbocycles. The lowest BCUT2D eigenvalue weighted by atomic mass is 9.79. The van der Waals surface area contributed by atoms with Crippen molar-refractivity contribution in [2.45, 2.75) is 20.8 Å². The fourth-order valence-corrected chi connectivity index (χ4v) is 6.52. The van der Waals surface area contributed by atoms with E-state index in [-0.39, 0.29) is 6.54 Å². The number of rotatable bonds is 2. The number of carbonyl (C=O) groups excluding carboxylic acids is 4. The minimum absolute atomic E-state index is 0.325. The second kappa shape index (κ2) is 7.93. The van der Waals surface area contributed by atoms with Gasteiger partial charge in [-0.25, -0.2) is 30.7 Å². The number of nitrogens with zero attached hydrogens (tertiary/aromatic N) is 2. The lowest BCUT2D eigenvalue weighted by molar-refractivity contribution is 0.0597. The largest absolute Gasteiger partial charge is 0.275 e. The molecule has 13 heteroatoms. The van der Waals surface area contributed by atoms with E-state index < -0.39 is 142 Å². The molecule has 2 aliphatic rings. The van der Waals surface area contributed by atoms with Crippen molar-refractivity contribution in [3.05, 3.63) is 68.5 Å². The van der Waals surface area contributed by atoms with Gasteiger partial charge in [0.2, 0.25) is 0 Å². The summed E-state index contributed by atoms with van der Waals surface area (Å²) >= 11 is 0. The monoisotopic (exact) mass is 586 g/mol. The van der Waals surface area contributed by atoms with Crippen LogP contribution in [-0.4, -0.2) is 46.5 Å². The van der Waals surface area contributed by atoms with Gasteiger partial charge in [-0.1, -0.05) is 0 Å². The molecule has 0 aliphatic carbocycles. The van der Waals surface area contributed by atoms with Crippen LogP contribution >= 0.6 is 0 Å². The molecule has 2 heterocycles. The maximum absolute atomic E-state index is 16.3. The Morgan fingerprint density at radius 2 is 0.690 bits per heavy atom. The number of hydrogen-bond acceptors (Lipinski definition) is 4. The molecule has 0 unspecified atom stereocenters. The third-order valence-electron chi connectivity index (χ3n) is 8.29. The van der Waals surface area contributed by atoms with Crippen LogP contribution < -0.4 is 0 Å². The molecular weight excluding hydrogens is 573 g/mol. The summed E-state index contributed by atoms with van der Waals surface area (Å²) < 4.78 is 112. The van der Waals surface area contributed by atoms with Crippen molar-refractivity contribution in [2.75, 3.05) is 13.1 Å². The van der Waals surface area contributed by atoms with Crippen molar-refractivity contribution < 1.29 is 49.9 Å². The van der Waals surface area contributed by atoms with Gasteiger partial charge in [0.25, 0.3) is 23.6 Å². The Balaban J connectivity index is 1.93. The number of amides is 4. The van der Waals surface area contributed by atoms with Crippen molar-refractivity contribution in [2.24, 2.45) is 0 Å². The number of imide groups is 2. The van der Waals surface area contributed by atoms with Crippen molar-refractivity contribution in [1.82, 2.24) is 9.80 Å². The van der Waals surface area contributed by atoms with E-state index in [1.807, 2.05) is 0 Å². The molecule has 7 rings (SSSR count). The van der Waals surface area contributed by atoms with E-state index in [4.69, 9.17) is 0 Å². The second-order valence-corrected chi connectivity index (χ2v) is 10.0. The summed E-state index contributed by atoms with van der Waals surface area (Å²) in [6.45, 7) is 2.88. The van der Waals surface area contributed by atoms with Crippen LogP contribution in [0.15, 0.2) is 0 Å². The molecule has 0 atom stereocenters. The molecule has 0 spiro atoms. The molecule has 0 fully saturated rings. The molecule has 42 heavy (non-hydrogen) atoms. The third-order valence-corrected chi connectivity index (χ3v) is 8.29. The Morgan fingerprint density at radius 3 is 1.02 bits per heavy atom. The standard InChI is InChI=1S/C29H13F7N2O4/c1-4-37-26(39)7-6(3)19(30)12-9-8(7)16(27(37)40)23(34)21(32)14(9)15-10-11-17(24(35)20(31)13(10)12)28(41)38(5-2)29(42)18(11)25(36)22(15)33/h4-5H2,1-3H3. The van der Waals surface area contributed by atoms with Gasteiger partial charge in [0, 0.05) is 56.2 Å². The third kappa shape index (κ3) is 2.54. The van der Waals surface area contributed by atoms with Crippen LogP contribution in [0.4, 0.5) is 30.7 Å². The van der Waals surface area contributed by atoms with E-state index >= 15 is 30.7 Å². The fourth-order valence-electron chi connectivity index (χ4n) is 6.52. The van der Waals surface area contributed by atoms with Crippen molar-refractivity contribution in [1.29, 1.82) is 0 Å². The Morgan fingerprint density at radius 1 is 0.405 bits per heavy atom. The second-order valence-electron chi connectivity index (χ2n) is 10.0. The molecular formula is C29H13F7N2O4. The van der Waals surface area contributed by atoms with Crippen molar-refractivity contribution in [3.63, 3.8) is 0 Å². The normalized spacial score (nSPS) is 15.2. The molecule has 4 amide bonds. The van der Waals surface area contributed by atoms with Gasteiger partial charge in [-0.05, 0) is 26.3 Å². The Hall–Kier alpha value is -4.81. The SMILES string of the molecule is CCN1C(=O)c2c(C)c(F)c3c4c(F)c(F)c5c6c(c(F)c(F)c(c7c(F)c(F)c(c2c37)C1=O)c64)C(=O)N(CC)C5=O. The summed E-state index contributed by atoms with van der Waals surface area (Å²) in [4.78, 5) is 53.4. The van der Waals surface area contributed by atoms with Gasteiger partial charge in [0.05, 0.1) is 22.3 Å². The summed E-state index contributed by atoms with van der Waals surface area (Å²) in [6, 6.07) is 0. The molecule has 0 N–H and O–H groups in total. The highest BCUT2D eigenvalue weighted by molar-refractivity contribution is 6.42. The number of carbonyl (C=O) groups is 4. The number of benzene rings is 5. The molecule has 0 bridgehead atoms. The molecule has 212 valence electrons. The van der Waals surface area contributed by atoms with Crippen molar-refractivity contribution in [3.8, 4) is 0 Å². The maximum Gasteiger partial charge on any atom is 0.264 e. The summed E-state index contributed by atoms with van der Waals surface area (Å²) in [5, 5.41) is -7.94. The van der Waals surface area contributed by atoms with Gasteiger partial charge in [0.1, 0.15) is 5.82 Å². The molecule has 5 aromatic rings. The van der Waals surface area contributed by atoms with Gasteiger partial charge in [0.15, 0.2) is 34.9 Å². The summed E-state index contributed by atoms with van der Waals surface area (Å²) in [5.41, 5.74) is -4.56. The smallest absolute Gasteiger partial charge is 0.264 e. The van der Waals surface area contributed by atoms with Crippen LogP contribution in [0.5, 0.6) is 0 Å². The summed E-state index contributed by atoms with van der Waals surface area (Å²) in [7, 11) is 0. The van der Waals surface area contributed by atoms with E-state index in [0.29, 0.717) is 9.80 Å². The number of fused-ring (bicyclic) bond motifs is 2. The van der Waals surface area contributed by atoms with Crippen LogP contribution in [0, 0.1) is 47.6 Å². The Labute approximate surface area is 229 Å². The molecule has 6 nitrogen and oxygen atoms in total. The van der Waals surface area contributed by atoms with E-state index in [1.165, 1.54) is 13.8 Å².